The molecule has 2 atom stereocenters. The van der Waals surface area contributed by atoms with Crippen molar-refractivity contribution < 1.29 is 4.79 Å². The minimum Gasteiger partial charge on any atom is -0.326 e. The van der Waals surface area contributed by atoms with E-state index in [4.69, 9.17) is 4.99 Å². The summed E-state index contributed by atoms with van der Waals surface area (Å²) in [4.78, 5) is 16.3. The second kappa shape index (κ2) is 8.52. The minimum atomic E-state index is 0.0257. The number of thioether (sulfide) groups is 1. The Kier molecular flexibility index (Phi) is 6.13. The molecule has 1 heterocycles. The van der Waals surface area contributed by atoms with Crippen LogP contribution in [-0.2, 0) is 4.79 Å². The molecule has 1 amide bonds. The van der Waals surface area contributed by atoms with Crippen LogP contribution in [0.15, 0.2) is 34.4 Å². The van der Waals surface area contributed by atoms with E-state index in [0.717, 1.165) is 27.9 Å². The maximum Gasteiger partial charge on any atom is 0.224 e. The molecule has 1 fully saturated rings. The van der Waals surface area contributed by atoms with Crippen LogP contribution < -0.4 is 10.7 Å². The summed E-state index contributed by atoms with van der Waals surface area (Å²) in [5, 5.41) is 8.30. The summed E-state index contributed by atoms with van der Waals surface area (Å²) in [5.41, 5.74) is 6.02. The standard InChI is InChI=1S/C19H26N4OS/c1-3-18(24)20-15-10-8-14(9-11-15)17-12-25-19(23-22-17)21-16-7-5-4-6-13(16)2/h8-11,13,16H,3-7,12H2,1-2H3,(H,20,24)(H,21,23)/t13-,16-/m0/s1. The first kappa shape index (κ1) is 18.0. The molecular weight excluding hydrogens is 332 g/mol. The highest BCUT2D eigenvalue weighted by molar-refractivity contribution is 8.14. The summed E-state index contributed by atoms with van der Waals surface area (Å²) in [7, 11) is 0. The summed E-state index contributed by atoms with van der Waals surface area (Å²) >= 11 is 1.72. The predicted octanol–water partition coefficient (Wildman–Crippen LogP) is 4.01. The number of carbonyl (C=O) groups is 1. The van der Waals surface area contributed by atoms with Gasteiger partial charge in [0.2, 0.25) is 5.91 Å². The van der Waals surface area contributed by atoms with Crippen molar-refractivity contribution in [2.45, 2.75) is 52.0 Å². The molecule has 6 heteroatoms. The van der Waals surface area contributed by atoms with Gasteiger partial charge in [-0.3, -0.25) is 15.2 Å². The molecule has 134 valence electrons. The molecule has 2 aliphatic rings. The van der Waals surface area contributed by atoms with E-state index in [1.54, 1.807) is 11.8 Å². The van der Waals surface area contributed by atoms with Gasteiger partial charge in [0.05, 0.1) is 11.8 Å². The number of amidine groups is 1. The van der Waals surface area contributed by atoms with Gasteiger partial charge in [-0.2, -0.15) is 5.10 Å². The normalized spacial score (nSPS) is 25.2. The van der Waals surface area contributed by atoms with Gasteiger partial charge < -0.3 is 5.32 Å². The largest absolute Gasteiger partial charge is 0.326 e. The third-order valence-electron chi connectivity index (χ3n) is 4.80. The van der Waals surface area contributed by atoms with Crippen LogP contribution in [0.4, 0.5) is 5.69 Å². The highest BCUT2D eigenvalue weighted by Crippen LogP contribution is 2.27. The molecule has 0 unspecified atom stereocenters. The lowest BCUT2D eigenvalue weighted by atomic mass is 9.86. The van der Waals surface area contributed by atoms with Crippen LogP contribution in [0.3, 0.4) is 0 Å². The average molecular weight is 359 g/mol. The van der Waals surface area contributed by atoms with Crippen molar-refractivity contribution in [1.82, 2.24) is 5.43 Å². The summed E-state index contributed by atoms with van der Waals surface area (Å²) in [6.45, 7) is 4.14. The second-order valence-electron chi connectivity index (χ2n) is 6.70. The average Bonchev–Trinajstić information content (AvgIpc) is 2.65. The molecule has 0 radical (unpaired) electrons. The number of rotatable bonds is 4. The molecule has 25 heavy (non-hydrogen) atoms. The van der Waals surface area contributed by atoms with E-state index in [0.29, 0.717) is 18.4 Å². The quantitative estimate of drug-likeness (QED) is 0.854. The van der Waals surface area contributed by atoms with Crippen molar-refractivity contribution in [3.63, 3.8) is 0 Å². The van der Waals surface area contributed by atoms with Gasteiger partial charge in [0.25, 0.3) is 0 Å². The molecule has 1 aromatic rings. The van der Waals surface area contributed by atoms with Crippen LogP contribution in [0, 0.1) is 5.92 Å². The van der Waals surface area contributed by atoms with Gasteiger partial charge in [0.1, 0.15) is 0 Å². The fraction of sp³-hybridized carbons (Fsp3) is 0.526. The number of nitrogens with zero attached hydrogens (tertiary/aromatic N) is 2. The van der Waals surface area contributed by atoms with Gasteiger partial charge >= 0.3 is 0 Å². The highest BCUT2D eigenvalue weighted by Gasteiger charge is 2.22. The number of hydrazone groups is 1. The topological polar surface area (TPSA) is 65.8 Å². The molecule has 1 saturated carbocycles. The number of hydrogen-bond acceptors (Lipinski definition) is 4. The summed E-state index contributed by atoms with van der Waals surface area (Å²) in [6.07, 6.45) is 5.57. The van der Waals surface area contributed by atoms with Gasteiger partial charge in [0, 0.05) is 17.9 Å². The van der Waals surface area contributed by atoms with Crippen LogP contribution in [-0.4, -0.2) is 28.6 Å². The maximum absolute atomic E-state index is 11.4. The molecule has 0 bridgehead atoms. The first-order chi connectivity index (χ1) is 12.2. The molecule has 0 spiro atoms. The van der Waals surface area contributed by atoms with Crippen molar-refractivity contribution in [2.75, 3.05) is 11.1 Å². The number of benzene rings is 1. The number of aliphatic imine (C=N–C) groups is 1. The van der Waals surface area contributed by atoms with Gasteiger partial charge in [-0.25, -0.2) is 0 Å². The Labute approximate surface area is 153 Å². The van der Waals surface area contributed by atoms with Crippen molar-refractivity contribution in [2.24, 2.45) is 16.0 Å². The number of hydrogen-bond donors (Lipinski definition) is 2. The first-order valence-electron chi connectivity index (χ1n) is 9.09. The smallest absolute Gasteiger partial charge is 0.224 e. The van der Waals surface area contributed by atoms with Gasteiger partial charge in [-0.1, -0.05) is 50.6 Å². The van der Waals surface area contributed by atoms with E-state index < -0.39 is 0 Å². The zero-order valence-electron chi connectivity index (χ0n) is 14.9. The van der Waals surface area contributed by atoms with Gasteiger partial charge in [0.15, 0.2) is 5.17 Å². The Morgan fingerprint density at radius 2 is 2.08 bits per heavy atom. The van der Waals surface area contributed by atoms with Crippen LogP contribution in [0.2, 0.25) is 0 Å². The monoisotopic (exact) mass is 358 g/mol. The second-order valence-corrected chi connectivity index (χ2v) is 7.67. The van der Waals surface area contributed by atoms with Crippen LogP contribution >= 0.6 is 11.8 Å². The molecular formula is C19H26N4OS. The van der Waals surface area contributed by atoms with E-state index in [9.17, 15) is 4.79 Å². The van der Waals surface area contributed by atoms with Crippen LogP contribution in [0.5, 0.6) is 0 Å². The predicted molar refractivity (Wildman–Crippen MR) is 106 cm³/mol. The zero-order valence-corrected chi connectivity index (χ0v) is 15.7. The Morgan fingerprint density at radius 3 is 2.72 bits per heavy atom. The van der Waals surface area contributed by atoms with Crippen molar-refractivity contribution >= 4 is 34.2 Å². The molecule has 5 nitrogen and oxygen atoms in total. The Morgan fingerprint density at radius 1 is 1.32 bits per heavy atom. The Balaban J connectivity index is 1.61. The van der Waals surface area contributed by atoms with Crippen molar-refractivity contribution in [3.8, 4) is 0 Å². The number of nitrogens with one attached hydrogen (secondary N) is 2. The number of anilines is 1. The highest BCUT2D eigenvalue weighted by atomic mass is 32.2. The van der Waals surface area contributed by atoms with Gasteiger partial charge in [-0.05, 0) is 36.5 Å². The summed E-state index contributed by atoms with van der Waals surface area (Å²) in [6, 6.07) is 8.27. The van der Waals surface area contributed by atoms with Crippen molar-refractivity contribution in [1.29, 1.82) is 0 Å². The lowest BCUT2D eigenvalue weighted by Crippen LogP contribution is -2.29. The molecule has 2 N–H and O–H groups in total. The lowest BCUT2D eigenvalue weighted by Gasteiger charge is -2.26. The van der Waals surface area contributed by atoms with E-state index in [1.165, 1.54) is 25.7 Å². The molecule has 1 aliphatic heterocycles. The molecule has 1 aromatic carbocycles. The third kappa shape index (κ3) is 4.84. The summed E-state index contributed by atoms with van der Waals surface area (Å²) in [5.74, 6) is 1.51. The molecule has 0 saturated heterocycles. The van der Waals surface area contributed by atoms with Gasteiger partial charge in [-0.15, -0.1) is 0 Å². The van der Waals surface area contributed by atoms with E-state index in [2.05, 4.69) is 22.8 Å². The van der Waals surface area contributed by atoms with E-state index in [-0.39, 0.29) is 5.91 Å². The van der Waals surface area contributed by atoms with E-state index >= 15 is 0 Å². The fourth-order valence-electron chi connectivity index (χ4n) is 3.17. The lowest BCUT2D eigenvalue weighted by molar-refractivity contribution is -0.115. The zero-order chi connectivity index (χ0) is 17.6. The molecule has 0 aromatic heterocycles. The van der Waals surface area contributed by atoms with E-state index in [1.807, 2.05) is 31.2 Å². The Bertz CT molecular complexity index is 669. The first-order valence-corrected chi connectivity index (χ1v) is 10.1. The summed E-state index contributed by atoms with van der Waals surface area (Å²) < 4.78 is 0. The number of carbonyl (C=O) groups excluding carboxylic acids is 1. The number of amides is 1. The minimum absolute atomic E-state index is 0.0257. The fourth-order valence-corrected chi connectivity index (χ4v) is 3.99. The Hall–Kier alpha value is -1.82. The SMILES string of the molecule is CCC(=O)Nc1ccc(C2=NNC(=N[C@H]3CCCC[C@@H]3C)SC2)cc1. The van der Waals surface area contributed by atoms with Crippen molar-refractivity contribution in [3.05, 3.63) is 29.8 Å². The molecule has 1 aliphatic carbocycles. The third-order valence-corrected chi connectivity index (χ3v) is 5.69. The molecule has 3 rings (SSSR count). The maximum atomic E-state index is 11.4. The van der Waals surface area contributed by atoms with Crippen LogP contribution in [0.25, 0.3) is 0 Å². The van der Waals surface area contributed by atoms with Crippen LogP contribution in [0.1, 0.15) is 51.5 Å².